The van der Waals surface area contributed by atoms with Crippen LogP contribution >= 0.6 is 34.7 Å². The van der Waals surface area contributed by atoms with Gasteiger partial charge in [-0.3, -0.25) is 4.79 Å². The van der Waals surface area contributed by atoms with Crippen molar-refractivity contribution in [3.63, 3.8) is 0 Å². The summed E-state index contributed by atoms with van der Waals surface area (Å²) in [4.78, 5) is 12.3. The number of nitrogens with one attached hydrogen (secondary N) is 2. The number of benzene rings is 1. The highest BCUT2D eigenvalue weighted by Gasteiger charge is 2.17. The minimum atomic E-state index is -0.366. The predicted molar refractivity (Wildman–Crippen MR) is 100 cm³/mol. The van der Waals surface area contributed by atoms with Crippen LogP contribution in [0.25, 0.3) is 0 Å². The summed E-state index contributed by atoms with van der Waals surface area (Å²) in [6.07, 6.45) is 0. The van der Waals surface area contributed by atoms with E-state index in [-0.39, 0.29) is 11.2 Å². The van der Waals surface area contributed by atoms with E-state index in [1.807, 2.05) is 6.07 Å². The average Bonchev–Trinajstić information content (AvgIpc) is 3.02. The van der Waals surface area contributed by atoms with E-state index in [1.54, 1.807) is 32.2 Å². The third-order valence-electron chi connectivity index (χ3n) is 2.99. The number of amides is 1. The third-order valence-corrected chi connectivity index (χ3v) is 5.37. The number of thioether (sulfide) groups is 1. The lowest BCUT2D eigenvalue weighted by Crippen LogP contribution is -2.22. The van der Waals surface area contributed by atoms with E-state index in [0.717, 1.165) is 0 Å². The highest BCUT2D eigenvalue weighted by atomic mass is 35.5. The van der Waals surface area contributed by atoms with Crippen LogP contribution in [0, 0.1) is 11.3 Å². The largest absolute Gasteiger partial charge is 0.383 e. The molecule has 2 rings (SSSR count). The van der Waals surface area contributed by atoms with Gasteiger partial charge in [-0.1, -0.05) is 34.7 Å². The molecule has 1 aromatic heterocycles. The number of rotatable bonds is 8. The predicted octanol–water partition coefficient (Wildman–Crippen LogP) is 3.24. The van der Waals surface area contributed by atoms with Crippen LogP contribution in [0.1, 0.15) is 12.5 Å². The fraction of sp³-hybridized carbons (Fsp3) is 0.333. The number of anilines is 2. The molecule has 1 atom stereocenters. The molecule has 1 heterocycles. The standard InChI is InChI=1S/C15H16ClN5O2S2/c1-9(24-15-21-20-14(25-15)18-5-6-23-2)13(22)19-11-4-3-10(8-17)12(16)7-11/h3-4,7,9H,5-6H2,1-2H3,(H,18,20)(H,19,22)/t9-/m0/s1. The molecule has 25 heavy (non-hydrogen) atoms. The molecule has 0 aliphatic carbocycles. The van der Waals surface area contributed by atoms with E-state index in [4.69, 9.17) is 21.6 Å². The van der Waals surface area contributed by atoms with Crippen LogP contribution in [-0.4, -0.2) is 41.6 Å². The molecule has 0 radical (unpaired) electrons. The summed E-state index contributed by atoms with van der Waals surface area (Å²) in [6, 6.07) is 6.74. The molecule has 0 unspecified atom stereocenters. The Bertz CT molecular complexity index is 778. The molecule has 7 nitrogen and oxygen atoms in total. The van der Waals surface area contributed by atoms with Gasteiger partial charge in [-0.05, 0) is 25.1 Å². The number of nitrogens with zero attached hydrogens (tertiary/aromatic N) is 3. The van der Waals surface area contributed by atoms with Gasteiger partial charge in [-0.2, -0.15) is 5.26 Å². The van der Waals surface area contributed by atoms with Crippen molar-refractivity contribution in [2.45, 2.75) is 16.5 Å². The first kappa shape index (κ1) is 19.5. The number of aromatic nitrogens is 2. The second-order valence-electron chi connectivity index (χ2n) is 4.85. The topological polar surface area (TPSA) is 99.9 Å². The number of halogens is 1. The molecule has 0 bridgehead atoms. The van der Waals surface area contributed by atoms with Crippen LogP contribution in [0.15, 0.2) is 22.5 Å². The number of carbonyl (C=O) groups excluding carboxylic acids is 1. The fourth-order valence-corrected chi connectivity index (χ4v) is 3.87. The summed E-state index contributed by atoms with van der Waals surface area (Å²) in [7, 11) is 1.63. The smallest absolute Gasteiger partial charge is 0.237 e. The quantitative estimate of drug-likeness (QED) is 0.520. The summed E-state index contributed by atoms with van der Waals surface area (Å²) in [6.45, 7) is 3.00. The molecule has 1 aromatic carbocycles. The maximum absolute atomic E-state index is 12.3. The van der Waals surface area contributed by atoms with Crippen LogP contribution in [-0.2, 0) is 9.53 Å². The molecule has 10 heteroatoms. The second-order valence-corrected chi connectivity index (χ2v) is 7.82. The second kappa shape index (κ2) is 9.58. The van der Waals surface area contributed by atoms with E-state index in [0.29, 0.717) is 38.9 Å². The number of nitriles is 1. The molecule has 2 aromatic rings. The molecule has 132 valence electrons. The molecule has 0 aliphatic heterocycles. The van der Waals surface area contributed by atoms with Gasteiger partial charge in [0.2, 0.25) is 11.0 Å². The van der Waals surface area contributed by atoms with Gasteiger partial charge in [0.1, 0.15) is 6.07 Å². The zero-order valence-corrected chi connectivity index (χ0v) is 16.0. The summed E-state index contributed by atoms with van der Waals surface area (Å²) < 4.78 is 5.65. The van der Waals surface area contributed by atoms with Gasteiger partial charge in [0.25, 0.3) is 0 Å². The third kappa shape index (κ3) is 5.86. The number of ether oxygens (including phenoxy) is 1. The molecule has 1 amide bonds. The lowest BCUT2D eigenvalue weighted by Gasteiger charge is -2.10. The van der Waals surface area contributed by atoms with Crippen LogP contribution < -0.4 is 10.6 Å². The van der Waals surface area contributed by atoms with Crippen LogP contribution in [0.4, 0.5) is 10.8 Å². The van der Waals surface area contributed by atoms with Gasteiger partial charge in [0.15, 0.2) is 4.34 Å². The van der Waals surface area contributed by atoms with Gasteiger partial charge >= 0.3 is 0 Å². The van der Waals surface area contributed by atoms with E-state index in [2.05, 4.69) is 20.8 Å². The van der Waals surface area contributed by atoms with Crippen molar-refractivity contribution >= 4 is 51.4 Å². The molecule has 0 fully saturated rings. The summed E-state index contributed by atoms with van der Waals surface area (Å²) in [5, 5.41) is 23.4. The van der Waals surface area contributed by atoms with E-state index < -0.39 is 0 Å². The molecular formula is C15H16ClN5O2S2. The summed E-state index contributed by atoms with van der Waals surface area (Å²) in [5.41, 5.74) is 0.907. The van der Waals surface area contributed by atoms with Gasteiger partial charge in [0.05, 0.1) is 22.4 Å². The van der Waals surface area contributed by atoms with Crippen LogP contribution in [0.5, 0.6) is 0 Å². The SMILES string of the molecule is COCCNc1nnc(S[C@@H](C)C(=O)Nc2ccc(C#N)c(Cl)c2)s1. The summed E-state index contributed by atoms with van der Waals surface area (Å²) >= 11 is 8.66. The summed E-state index contributed by atoms with van der Waals surface area (Å²) in [5.74, 6) is -0.185. The molecule has 0 aliphatic rings. The Hall–Kier alpha value is -1.86. The Morgan fingerprint density at radius 1 is 1.52 bits per heavy atom. The van der Waals surface area contributed by atoms with Gasteiger partial charge < -0.3 is 15.4 Å². The Morgan fingerprint density at radius 2 is 2.32 bits per heavy atom. The number of hydrogen-bond donors (Lipinski definition) is 2. The van der Waals surface area contributed by atoms with E-state index >= 15 is 0 Å². The van der Waals surface area contributed by atoms with Crippen molar-refractivity contribution in [3.8, 4) is 6.07 Å². The van der Waals surface area contributed by atoms with Crippen molar-refractivity contribution in [2.75, 3.05) is 30.9 Å². The van der Waals surface area contributed by atoms with Crippen molar-refractivity contribution < 1.29 is 9.53 Å². The number of methoxy groups -OCH3 is 1. The Balaban J connectivity index is 1.90. The van der Waals surface area contributed by atoms with Crippen LogP contribution in [0.3, 0.4) is 0 Å². The number of carbonyl (C=O) groups is 1. The fourth-order valence-electron chi connectivity index (χ4n) is 1.72. The van der Waals surface area contributed by atoms with Crippen LogP contribution in [0.2, 0.25) is 5.02 Å². The van der Waals surface area contributed by atoms with Gasteiger partial charge in [-0.25, -0.2) is 0 Å². The zero-order chi connectivity index (χ0) is 18.2. The molecular weight excluding hydrogens is 382 g/mol. The van der Waals surface area contributed by atoms with Crippen molar-refractivity contribution in [3.05, 3.63) is 28.8 Å². The minimum Gasteiger partial charge on any atom is -0.383 e. The Labute approximate surface area is 158 Å². The van der Waals surface area contributed by atoms with Crippen molar-refractivity contribution in [1.29, 1.82) is 5.26 Å². The van der Waals surface area contributed by atoms with Crippen molar-refractivity contribution in [1.82, 2.24) is 10.2 Å². The highest BCUT2D eigenvalue weighted by Crippen LogP contribution is 2.29. The highest BCUT2D eigenvalue weighted by molar-refractivity contribution is 8.02. The normalized spacial score (nSPS) is 11.6. The first-order valence-electron chi connectivity index (χ1n) is 7.27. The van der Waals surface area contributed by atoms with E-state index in [1.165, 1.54) is 23.1 Å². The first-order chi connectivity index (χ1) is 12.0. The Morgan fingerprint density at radius 3 is 3.00 bits per heavy atom. The zero-order valence-electron chi connectivity index (χ0n) is 13.6. The van der Waals surface area contributed by atoms with Gasteiger partial charge in [0, 0.05) is 19.3 Å². The average molecular weight is 398 g/mol. The van der Waals surface area contributed by atoms with Crippen molar-refractivity contribution in [2.24, 2.45) is 0 Å². The lowest BCUT2D eigenvalue weighted by molar-refractivity contribution is -0.115. The van der Waals surface area contributed by atoms with Gasteiger partial charge in [-0.15, -0.1) is 10.2 Å². The lowest BCUT2D eigenvalue weighted by atomic mass is 10.2. The number of hydrogen-bond acceptors (Lipinski definition) is 8. The van der Waals surface area contributed by atoms with E-state index in [9.17, 15) is 4.79 Å². The maximum Gasteiger partial charge on any atom is 0.237 e. The molecule has 2 N–H and O–H groups in total. The monoisotopic (exact) mass is 397 g/mol. The maximum atomic E-state index is 12.3. The minimum absolute atomic E-state index is 0.185. The first-order valence-corrected chi connectivity index (χ1v) is 9.34. The molecule has 0 saturated heterocycles. The molecule has 0 saturated carbocycles. The molecule has 0 spiro atoms. The Kier molecular flexibility index (Phi) is 7.46.